The van der Waals surface area contributed by atoms with Gasteiger partial charge in [0.15, 0.2) is 5.82 Å². The molecule has 9 heteroatoms. The highest BCUT2D eigenvalue weighted by Gasteiger charge is 2.43. The van der Waals surface area contributed by atoms with Crippen LogP contribution in [0.2, 0.25) is 0 Å². The molecule has 2 heterocycles. The molecule has 3 aliphatic rings. The van der Waals surface area contributed by atoms with Crippen molar-refractivity contribution in [3.63, 3.8) is 0 Å². The number of anilines is 4. The maximum atomic E-state index is 13.5. The molecule has 0 bridgehead atoms. The van der Waals surface area contributed by atoms with Crippen LogP contribution in [-0.4, -0.2) is 54.6 Å². The number of ether oxygens (including phenoxy) is 1. The summed E-state index contributed by atoms with van der Waals surface area (Å²) in [7, 11) is 3.42. The lowest BCUT2D eigenvalue weighted by molar-refractivity contribution is -0.126. The van der Waals surface area contributed by atoms with Crippen LogP contribution in [0, 0.1) is 5.41 Å². The molecule has 1 atom stereocenters. The Morgan fingerprint density at radius 2 is 1.80 bits per heavy atom. The summed E-state index contributed by atoms with van der Waals surface area (Å²) >= 11 is 0. The van der Waals surface area contributed by atoms with Crippen LogP contribution in [0.15, 0.2) is 24.4 Å². The van der Waals surface area contributed by atoms with Crippen molar-refractivity contribution >= 4 is 35.0 Å². The summed E-state index contributed by atoms with van der Waals surface area (Å²) in [6.07, 6.45) is 14.0. The summed E-state index contributed by atoms with van der Waals surface area (Å²) in [5.74, 6) is 1.79. The fourth-order valence-electron chi connectivity index (χ4n) is 6.44. The Labute approximate surface area is 238 Å². The van der Waals surface area contributed by atoms with Gasteiger partial charge in [0.25, 0.3) is 5.91 Å². The predicted octanol–water partition coefficient (Wildman–Crippen LogP) is 5.82. The monoisotopic (exact) mass is 548 g/mol. The number of rotatable bonds is 7. The van der Waals surface area contributed by atoms with E-state index in [2.05, 4.69) is 34.4 Å². The molecule has 0 saturated heterocycles. The van der Waals surface area contributed by atoms with E-state index in [-0.39, 0.29) is 17.9 Å². The quantitative estimate of drug-likeness (QED) is 0.450. The summed E-state index contributed by atoms with van der Waals surface area (Å²) in [6.45, 7) is 4.79. The molecule has 1 aromatic carbocycles. The third kappa shape index (κ3) is 5.74. The second kappa shape index (κ2) is 12.0. The number of amides is 2. The molecule has 2 fully saturated rings. The molecule has 0 spiro atoms. The molecule has 0 unspecified atom stereocenters. The number of hydrogen-bond donors (Lipinski definition) is 2. The van der Waals surface area contributed by atoms with E-state index >= 15 is 0 Å². The maximum Gasteiger partial charge on any atom is 0.251 e. The molecule has 40 heavy (non-hydrogen) atoms. The lowest BCUT2D eigenvalue weighted by atomic mass is 9.84. The van der Waals surface area contributed by atoms with Crippen molar-refractivity contribution in [1.29, 1.82) is 0 Å². The Kier molecular flexibility index (Phi) is 8.47. The van der Waals surface area contributed by atoms with Gasteiger partial charge in [0.1, 0.15) is 11.4 Å². The Hall–Kier alpha value is -3.36. The van der Waals surface area contributed by atoms with E-state index < -0.39 is 5.41 Å². The Morgan fingerprint density at radius 3 is 2.48 bits per heavy atom. The van der Waals surface area contributed by atoms with Gasteiger partial charge >= 0.3 is 0 Å². The smallest absolute Gasteiger partial charge is 0.251 e. The van der Waals surface area contributed by atoms with Crippen molar-refractivity contribution in [3.05, 3.63) is 30.0 Å². The second-order valence-corrected chi connectivity index (χ2v) is 11.9. The van der Waals surface area contributed by atoms with Gasteiger partial charge in [-0.15, -0.1) is 0 Å². The molecular formula is C31H44N6O3. The fourth-order valence-corrected chi connectivity index (χ4v) is 6.44. The van der Waals surface area contributed by atoms with Gasteiger partial charge < -0.3 is 25.2 Å². The van der Waals surface area contributed by atoms with Gasteiger partial charge in [0.05, 0.1) is 24.4 Å². The van der Waals surface area contributed by atoms with Gasteiger partial charge in [-0.3, -0.25) is 9.59 Å². The topological polar surface area (TPSA) is 99.7 Å². The summed E-state index contributed by atoms with van der Waals surface area (Å²) in [5, 5.41) is 6.49. The first-order chi connectivity index (χ1) is 19.3. The summed E-state index contributed by atoms with van der Waals surface area (Å²) < 4.78 is 5.66. The van der Waals surface area contributed by atoms with E-state index in [9.17, 15) is 9.59 Å². The lowest BCUT2D eigenvalue weighted by Gasteiger charge is -2.38. The van der Waals surface area contributed by atoms with Crippen LogP contribution >= 0.6 is 0 Å². The standard InChI is InChI=1S/C31H44N6O3/c1-5-31(2)20-37(23-14-10-7-11-15-23)27-25(36(3)29(31)39)19-32-30(35-27)34-24-17-16-21(18-26(24)40-4)28(38)33-22-12-8-6-9-13-22/h16-19,22-23H,5-15,20H2,1-4H3,(H,33,38)(H,32,34,35)/t31-/m1/s1. The van der Waals surface area contributed by atoms with E-state index in [1.54, 1.807) is 30.3 Å². The van der Waals surface area contributed by atoms with Crippen LogP contribution in [0.1, 0.15) is 94.8 Å². The molecule has 216 valence electrons. The van der Waals surface area contributed by atoms with E-state index in [0.29, 0.717) is 35.5 Å². The Balaban J connectivity index is 1.42. The van der Waals surface area contributed by atoms with Crippen molar-refractivity contribution in [2.45, 2.75) is 96.6 Å². The van der Waals surface area contributed by atoms with E-state index in [4.69, 9.17) is 9.72 Å². The average Bonchev–Trinajstić information content (AvgIpc) is 3.07. The average molecular weight is 549 g/mol. The first-order valence-corrected chi connectivity index (χ1v) is 15.0. The van der Waals surface area contributed by atoms with Gasteiger partial charge in [0, 0.05) is 31.2 Å². The number of aromatic nitrogens is 2. The second-order valence-electron chi connectivity index (χ2n) is 11.9. The zero-order valence-electron chi connectivity index (χ0n) is 24.5. The summed E-state index contributed by atoms with van der Waals surface area (Å²) in [4.78, 5) is 40.1. The molecule has 2 aromatic rings. The van der Waals surface area contributed by atoms with Crippen LogP contribution in [0.3, 0.4) is 0 Å². The molecule has 9 nitrogen and oxygen atoms in total. The van der Waals surface area contributed by atoms with Crippen molar-refractivity contribution in [2.75, 3.05) is 35.8 Å². The predicted molar refractivity (Wildman–Crippen MR) is 159 cm³/mol. The molecule has 1 aliphatic heterocycles. The number of carbonyl (C=O) groups excluding carboxylic acids is 2. The largest absolute Gasteiger partial charge is 0.495 e. The lowest BCUT2D eigenvalue weighted by Crippen LogP contribution is -2.47. The molecule has 2 amide bonds. The van der Waals surface area contributed by atoms with Crippen LogP contribution in [-0.2, 0) is 4.79 Å². The minimum Gasteiger partial charge on any atom is -0.495 e. The molecule has 1 aromatic heterocycles. The summed E-state index contributed by atoms with van der Waals surface area (Å²) in [6, 6.07) is 5.99. The zero-order chi connectivity index (χ0) is 28.3. The number of nitrogens with zero attached hydrogens (tertiary/aromatic N) is 4. The van der Waals surface area contributed by atoms with Crippen LogP contribution < -0.4 is 25.2 Å². The molecule has 0 radical (unpaired) electrons. The Morgan fingerprint density at radius 1 is 1.10 bits per heavy atom. The highest BCUT2D eigenvalue weighted by Crippen LogP contribution is 2.41. The first kappa shape index (κ1) is 28.2. The van der Waals surface area contributed by atoms with Gasteiger partial charge in [-0.05, 0) is 57.2 Å². The van der Waals surface area contributed by atoms with E-state index in [0.717, 1.165) is 56.5 Å². The van der Waals surface area contributed by atoms with Crippen molar-refractivity contribution in [1.82, 2.24) is 15.3 Å². The highest BCUT2D eigenvalue weighted by atomic mass is 16.5. The van der Waals surface area contributed by atoms with Crippen LogP contribution in [0.25, 0.3) is 0 Å². The van der Waals surface area contributed by atoms with Crippen molar-refractivity contribution in [2.24, 2.45) is 5.41 Å². The number of benzene rings is 1. The zero-order valence-corrected chi connectivity index (χ0v) is 24.5. The number of methoxy groups -OCH3 is 1. The van der Waals surface area contributed by atoms with Crippen LogP contribution in [0.4, 0.5) is 23.1 Å². The SMILES string of the molecule is CC[C@]1(C)CN(C2CCCCC2)c2nc(Nc3ccc(C(=O)NC4CCCCC4)cc3OC)ncc2N(C)C1=O. The van der Waals surface area contributed by atoms with Crippen molar-refractivity contribution < 1.29 is 14.3 Å². The minimum absolute atomic E-state index is 0.0761. The Bertz CT molecular complexity index is 1220. The number of carbonyl (C=O) groups is 2. The minimum atomic E-state index is -0.502. The third-order valence-electron chi connectivity index (χ3n) is 9.17. The van der Waals surface area contributed by atoms with E-state index in [1.807, 2.05) is 13.1 Å². The van der Waals surface area contributed by atoms with Gasteiger partial charge in [-0.2, -0.15) is 4.98 Å². The number of hydrogen-bond acceptors (Lipinski definition) is 7. The fraction of sp³-hybridized carbons (Fsp3) is 0.613. The molecule has 2 saturated carbocycles. The van der Waals surface area contributed by atoms with E-state index in [1.165, 1.54) is 25.7 Å². The van der Waals surface area contributed by atoms with Gasteiger partial charge in [0.2, 0.25) is 11.9 Å². The first-order valence-electron chi connectivity index (χ1n) is 15.0. The normalized spacial score (nSPS) is 22.4. The maximum absolute atomic E-state index is 13.5. The summed E-state index contributed by atoms with van der Waals surface area (Å²) in [5.41, 5.74) is 1.48. The molecule has 2 aliphatic carbocycles. The molecular weight excluding hydrogens is 504 g/mol. The highest BCUT2D eigenvalue weighted by molar-refractivity contribution is 6.01. The van der Waals surface area contributed by atoms with Gasteiger partial charge in [-0.1, -0.05) is 45.4 Å². The van der Waals surface area contributed by atoms with Crippen molar-refractivity contribution in [3.8, 4) is 5.75 Å². The van der Waals surface area contributed by atoms with Crippen LogP contribution in [0.5, 0.6) is 5.75 Å². The number of fused-ring (bicyclic) bond motifs is 1. The molecule has 2 N–H and O–H groups in total. The molecule has 5 rings (SSSR count). The number of nitrogens with one attached hydrogen (secondary N) is 2. The third-order valence-corrected chi connectivity index (χ3v) is 9.17. The van der Waals surface area contributed by atoms with Gasteiger partial charge in [-0.25, -0.2) is 4.98 Å².